The van der Waals surface area contributed by atoms with Crippen molar-refractivity contribution in [3.05, 3.63) is 12.2 Å². The fourth-order valence-corrected chi connectivity index (χ4v) is 0.712. The van der Waals surface area contributed by atoms with E-state index in [2.05, 4.69) is 5.32 Å². The Kier molecular flexibility index (Phi) is 1.53. The Balaban J connectivity index is 2.60. The van der Waals surface area contributed by atoms with E-state index in [0.717, 1.165) is 0 Å². The Bertz CT molecular complexity index is 132. The van der Waals surface area contributed by atoms with Gasteiger partial charge in [-0.3, -0.25) is 4.79 Å². The molecule has 3 heteroatoms. The molecule has 0 aromatic rings. The molecule has 1 unspecified atom stereocenters. The summed E-state index contributed by atoms with van der Waals surface area (Å²) in [6.07, 6.45) is 3.51. The van der Waals surface area contributed by atoms with Crippen LogP contribution in [0, 0.1) is 0 Å². The van der Waals surface area contributed by atoms with Crippen molar-refractivity contribution in [2.75, 3.05) is 6.54 Å². The fourth-order valence-electron chi connectivity index (χ4n) is 0.532. The van der Waals surface area contributed by atoms with Crippen LogP contribution in [0.5, 0.6) is 0 Å². The highest BCUT2D eigenvalue weighted by atomic mass is 35.5. The molecule has 1 rings (SSSR count). The first-order valence-corrected chi connectivity index (χ1v) is 2.83. The van der Waals surface area contributed by atoms with Crippen molar-refractivity contribution in [3.63, 3.8) is 0 Å². The van der Waals surface area contributed by atoms with E-state index in [1.54, 1.807) is 6.08 Å². The monoisotopic (exact) mass is 131 g/mol. The number of amides is 1. The van der Waals surface area contributed by atoms with Crippen molar-refractivity contribution in [1.82, 2.24) is 5.32 Å². The van der Waals surface area contributed by atoms with Crippen LogP contribution in [-0.4, -0.2) is 17.8 Å². The minimum atomic E-state index is -0.455. The van der Waals surface area contributed by atoms with Crippen LogP contribution in [0.1, 0.15) is 0 Å². The highest BCUT2D eigenvalue weighted by Gasteiger charge is 2.12. The van der Waals surface area contributed by atoms with Gasteiger partial charge >= 0.3 is 0 Å². The van der Waals surface area contributed by atoms with Crippen molar-refractivity contribution in [2.45, 2.75) is 5.38 Å². The van der Waals surface area contributed by atoms with Gasteiger partial charge in [0, 0.05) is 6.54 Å². The number of carbonyl (C=O) groups excluding carboxylic acids is 1. The van der Waals surface area contributed by atoms with Crippen LogP contribution in [0.4, 0.5) is 0 Å². The first-order valence-electron chi connectivity index (χ1n) is 2.39. The maximum atomic E-state index is 10.5. The van der Waals surface area contributed by atoms with Gasteiger partial charge in [-0.05, 0) is 0 Å². The molecule has 0 bridgehead atoms. The molecule has 0 fully saturated rings. The Morgan fingerprint density at radius 2 is 2.62 bits per heavy atom. The summed E-state index contributed by atoms with van der Waals surface area (Å²) in [6.45, 7) is 0.613. The van der Waals surface area contributed by atoms with Crippen LogP contribution in [0.25, 0.3) is 0 Å². The van der Waals surface area contributed by atoms with E-state index in [-0.39, 0.29) is 5.91 Å². The molecular formula is C5H6ClNO. The molecule has 1 N–H and O–H groups in total. The molecule has 1 aliphatic heterocycles. The minimum absolute atomic E-state index is 0.103. The summed E-state index contributed by atoms with van der Waals surface area (Å²) in [5, 5.41) is 2.12. The number of rotatable bonds is 0. The Morgan fingerprint density at radius 3 is 3.00 bits per heavy atom. The maximum Gasteiger partial charge on any atom is 0.242 e. The number of hydrogen-bond acceptors (Lipinski definition) is 1. The largest absolute Gasteiger partial charge is 0.351 e. The van der Waals surface area contributed by atoms with Gasteiger partial charge in [0.05, 0.1) is 0 Å². The summed E-state index contributed by atoms with van der Waals surface area (Å²) < 4.78 is 0. The van der Waals surface area contributed by atoms with Gasteiger partial charge in [0.1, 0.15) is 5.38 Å². The molecule has 0 saturated carbocycles. The molecular weight excluding hydrogens is 126 g/mol. The van der Waals surface area contributed by atoms with Crippen molar-refractivity contribution >= 4 is 17.5 Å². The van der Waals surface area contributed by atoms with Crippen LogP contribution in [-0.2, 0) is 4.79 Å². The molecule has 0 saturated heterocycles. The smallest absolute Gasteiger partial charge is 0.242 e. The molecule has 0 aromatic heterocycles. The molecule has 1 amide bonds. The number of carbonyl (C=O) groups is 1. The van der Waals surface area contributed by atoms with Crippen molar-refractivity contribution in [3.8, 4) is 0 Å². The number of halogens is 1. The van der Waals surface area contributed by atoms with Crippen molar-refractivity contribution < 1.29 is 4.79 Å². The molecule has 0 aliphatic carbocycles. The third kappa shape index (κ3) is 1.01. The quantitative estimate of drug-likeness (QED) is 0.371. The van der Waals surface area contributed by atoms with Crippen LogP contribution in [0.2, 0.25) is 0 Å². The first kappa shape index (κ1) is 5.63. The second-order valence-electron chi connectivity index (χ2n) is 1.58. The van der Waals surface area contributed by atoms with Gasteiger partial charge in [-0.2, -0.15) is 0 Å². The molecule has 0 spiro atoms. The lowest BCUT2D eigenvalue weighted by atomic mass is 10.3. The van der Waals surface area contributed by atoms with Crippen molar-refractivity contribution in [2.24, 2.45) is 0 Å². The average Bonchev–Trinajstić information content (AvgIpc) is 1.77. The average molecular weight is 132 g/mol. The van der Waals surface area contributed by atoms with Gasteiger partial charge < -0.3 is 5.32 Å². The Morgan fingerprint density at radius 1 is 1.88 bits per heavy atom. The predicted molar refractivity (Wildman–Crippen MR) is 31.8 cm³/mol. The number of alkyl halides is 1. The summed E-state index contributed by atoms with van der Waals surface area (Å²) in [7, 11) is 0. The summed E-state index contributed by atoms with van der Waals surface area (Å²) >= 11 is 5.47. The molecule has 44 valence electrons. The zero-order valence-electron chi connectivity index (χ0n) is 4.23. The maximum absolute atomic E-state index is 10.5. The second-order valence-corrected chi connectivity index (χ2v) is 2.05. The van der Waals surface area contributed by atoms with E-state index >= 15 is 0 Å². The molecule has 1 heterocycles. The van der Waals surface area contributed by atoms with Gasteiger partial charge in [-0.1, -0.05) is 12.2 Å². The zero-order valence-corrected chi connectivity index (χ0v) is 4.98. The van der Waals surface area contributed by atoms with E-state index in [4.69, 9.17) is 11.6 Å². The summed E-state index contributed by atoms with van der Waals surface area (Å²) in [6, 6.07) is 0. The van der Waals surface area contributed by atoms with Gasteiger partial charge in [0.2, 0.25) is 5.91 Å². The van der Waals surface area contributed by atoms with E-state index in [9.17, 15) is 4.79 Å². The minimum Gasteiger partial charge on any atom is -0.351 e. The summed E-state index contributed by atoms with van der Waals surface area (Å²) in [4.78, 5) is 10.5. The Hall–Kier alpha value is -0.500. The predicted octanol–water partition coefficient (Wildman–Crippen LogP) is 0.280. The van der Waals surface area contributed by atoms with E-state index in [1.165, 1.54) is 0 Å². The lowest BCUT2D eigenvalue weighted by Gasteiger charge is -2.08. The second kappa shape index (κ2) is 2.18. The zero-order chi connectivity index (χ0) is 5.98. The molecule has 2 nitrogen and oxygen atoms in total. The Labute approximate surface area is 52.5 Å². The SMILES string of the molecule is O=C1NCC=CC1Cl. The lowest BCUT2D eigenvalue weighted by molar-refractivity contribution is -0.120. The van der Waals surface area contributed by atoms with Crippen LogP contribution in [0.15, 0.2) is 12.2 Å². The van der Waals surface area contributed by atoms with E-state index < -0.39 is 5.38 Å². The number of hydrogen-bond donors (Lipinski definition) is 1. The highest BCUT2D eigenvalue weighted by molar-refractivity contribution is 6.32. The topological polar surface area (TPSA) is 29.1 Å². The van der Waals surface area contributed by atoms with Gasteiger partial charge in [0.25, 0.3) is 0 Å². The molecule has 0 radical (unpaired) electrons. The van der Waals surface area contributed by atoms with Crippen LogP contribution >= 0.6 is 11.6 Å². The van der Waals surface area contributed by atoms with Crippen molar-refractivity contribution in [1.29, 1.82) is 0 Å². The van der Waals surface area contributed by atoms with Gasteiger partial charge in [-0.15, -0.1) is 11.6 Å². The van der Waals surface area contributed by atoms with E-state index in [1.807, 2.05) is 6.08 Å². The molecule has 8 heavy (non-hydrogen) atoms. The summed E-state index contributed by atoms with van der Waals surface area (Å²) in [5.74, 6) is -0.103. The van der Waals surface area contributed by atoms with E-state index in [0.29, 0.717) is 6.54 Å². The molecule has 1 atom stereocenters. The highest BCUT2D eigenvalue weighted by Crippen LogP contribution is 2.00. The van der Waals surface area contributed by atoms with Gasteiger partial charge in [0.15, 0.2) is 0 Å². The normalized spacial score (nSPS) is 27.6. The fraction of sp³-hybridized carbons (Fsp3) is 0.400. The molecule has 1 aliphatic rings. The third-order valence-corrected chi connectivity index (χ3v) is 1.29. The van der Waals surface area contributed by atoms with Gasteiger partial charge in [-0.25, -0.2) is 0 Å². The lowest BCUT2D eigenvalue weighted by Crippen LogP contribution is -2.33. The standard InChI is InChI=1S/C5H6ClNO/c6-4-2-1-3-7-5(4)8/h1-2,4H,3H2,(H,7,8). The first-order chi connectivity index (χ1) is 3.80. The third-order valence-electron chi connectivity index (χ3n) is 0.950. The molecule has 0 aromatic carbocycles. The number of nitrogens with one attached hydrogen (secondary N) is 1. The summed E-state index contributed by atoms with van der Waals surface area (Å²) in [5.41, 5.74) is 0. The van der Waals surface area contributed by atoms with Crippen LogP contribution in [0.3, 0.4) is 0 Å². The van der Waals surface area contributed by atoms with Crippen LogP contribution < -0.4 is 5.32 Å².